The summed E-state index contributed by atoms with van der Waals surface area (Å²) in [6.45, 7) is 2.60. The van der Waals surface area contributed by atoms with E-state index in [1.54, 1.807) is 35.6 Å². The Hall–Kier alpha value is -3.12. The predicted molar refractivity (Wildman–Crippen MR) is 121 cm³/mol. The van der Waals surface area contributed by atoms with E-state index in [0.717, 1.165) is 30.5 Å². The van der Waals surface area contributed by atoms with E-state index in [1.165, 1.54) is 12.0 Å². The summed E-state index contributed by atoms with van der Waals surface area (Å²) in [5.41, 5.74) is 3.59. The van der Waals surface area contributed by atoms with Gasteiger partial charge in [-0.2, -0.15) is 0 Å². The molecule has 0 spiro atoms. The second-order valence-electron chi connectivity index (χ2n) is 7.33. The fourth-order valence-corrected chi connectivity index (χ4v) is 4.67. The molecule has 0 bridgehead atoms. The summed E-state index contributed by atoms with van der Waals surface area (Å²) in [6, 6.07) is 14.6. The molecule has 154 valence electrons. The van der Waals surface area contributed by atoms with Crippen molar-refractivity contribution in [3.63, 3.8) is 0 Å². The topological polar surface area (TPSA) is 58.6 Å². The van der Waals surface area contributed by atoms with Crippen LogP contribution in [0.3, 0.4) is 0 Å². The van der Waals surface area contributed by atoms with Crippen molar-refractivity contribution < 1.29 is 14.3 Å². The average Bonchev–Trinajstić information content (AvgIpc) is 3.13. The fraction of sp³-hybridized carbons (Fsp3) is 0.250. The van der Waals surface area contributed by atoms with Gasteiger partial charge in [-0.15, -0.1) is 11.3 Å². The van der Waals surface area contributed by atoms with Gasteiger partial charge in [0.05, 0.1) is 18.5 Å². The van der Waals surface area contributed by atoms with Crippen molar-refractivity contribution in [1.82, 2.24) is 0 Å². The SMILES string of the molecule is COc1cc(C(=O)N2CCCCc3sccc32)ccc1NC(=O)c1ccccc1C. The minimum Gasteiger partial charge on any atom is -0.495 e. The monoisotopic (exact) mass is 420 g/mol. The molecule has 3 aromatic rings. The molecule has 2 amide bonds. The lowest BCUT2D eigenvalue weighted by atomic mass is 10.1. The number of rotatable bonds is 4. The van der Waals surface area contributed by atoms with Crippen LogP contribution in [0.4, 0.5) is 11.4 Å². The molecule has 6 heteroatoms. The first kappa shape index (κ1) is 20.2. The summed E-state index contributed by atoms with van der Waals surface area (Å²) in [7, 11) is 1.54. The van der Waals surface area contributed by atoms with E-state index in [2.05, 4.69) is 5.32 Å². The first-order valence-corrected chi connectivity index (χ1v) is 10.9. The second-order valence-corrected chi connectivity index (χ2v) is 8.33. The standard InChI is InChI=1S/C24H24N2O3S/c1-16-7-3-4-8-18(16)23(27)25-19-11-10-17(15-21(19)29-2)24(28)26-13-6-5-9-22-20(26)12-14-30-22/h3-4,7-8,10-12,14-15H,5-6,9,13H2,1-2H3,(H,25,27). The maximum atomic E-state index is 13.3. The third-order valence-corrected chi connectivity index (χ3v) is 6.35. The summed E-state index contributed by atoms with van der Waals surface area (Å²) < 4.78 is 5.49. The molecular formula is C24H24N2O3S. The summed E-state index contributed by atoms with van der Waals surface area (Å²) in [6.07, 6.45) is 3.09. The van der Waals surface area contributed by atoms with Crippen LogP contribution in [0.2, 0.25) is 0 Å². The van der Waals surface area contributed by atoms with Gasteiger partial charge in [0.15, 0.2) is 0 Å². The maximum absolute atomic E-state index is 13.3. The Morgan fingerprint density at radius 2 is 1.93 bits per heavy atom. The number of nitrogens with one attached hydrogen (secondary N) is 1. The van der Waals surface area contributed by atoms with Crippen LogP contribution in [-0.4, -0.2) is 25.5 Å². The zero-order valence-electron chi connectivity index (χ0n) is 17.1. The van der Waals surface area contributed by atoms with E-state index in [9.17, 15) is 9.59 Å². The lowest BCUT2D eigenvalue weighted by Gasteiger charge is -2.22. The predicted octanol–water partition coefficient (Wildman–Crippen LogP) is 5.30. The minimum absolute atomic E-state index is 0.0494. The first-order valence-electron chi connectivity index (χ1n) is 10.0. The molecule has 0 unspecified atom stereocenters. The Bertz CT molecular complexity index is 1090. The molecule has 5 nitrogen and oxygen atoms in total. The molecule has 0 saturated heterocycles. The number of carbonyl (C=O) groups excluding carboxylic acids is 2. The van der Waals surface area contributed by atoms with Crippen LogP contribution in [0.1, 0.15) is 44.0 Å². The molecule has 2 heterocycles. The lowest BCUT2D eigenvalue weighted by molar-refractivity contribution is 0.0985. The highest BCUT2D eigenvalue weighted by molar-refractivity contribution is 7.10. The summed E-state index contributed by atoms with van der Waals surface area (Å²) in [5, 5.41) is 4.94. The van der Waals surface area contributed by atoms with Crippen molar-refractivity contribution in [1.29, 1.82) is 0 Å². The zero-order chi connectivity index (χ0) is 21.1. The fourth-order valence-electron chi connectivity index (χ4n) is 3.75. The highest BCUT2D eigenvalue weighted by atomic mass is 32.1. The molecule has 1 aliphatic rings. The molecule has 1 N–H and O–H groups in total. The van der Waals surface area contributed by atoms with Gasteiger partial charge in [-0.1, -0.05) is 18.2 Å². The molecular weight excluding hydrogens is 396 g/mol. The van der Waals surface area contributed by atoms with Gasteiger partial charge in [-0.05, 0) is 67.5 Å². The molecule has 0 radical (unpaired) electrons. The van der Waals surface area contributed by atoms with Crippen LogP contribution in [0.5, 0.6) is 5.75 Å². The van der Waals surface area contributed by atoms with Gasteiger partial charge in [0, 0.05) is 22.5 Å². The number of ether oxygens (including phenoxy) is 1. The van der Waals surface area contributed by atoms with Crippen molar-refractivity contribution in [3.8, 4) is 5.75 Å². The van der Waals surface area contributed by atoms with Crippen LogP contribution < -0.4 is 15.0 Å². The minimum atomic E-state index is -0.207. The van der Waals surface area contributed by atoms with Gasteiger partial charge >= 0.3 is 0 Å². The quantitative estimate of drug-likeness (QED) is 0.623. The summed E-state index contributed by atoms with van der Waals surface area (Å²) in [4.78, 5) is 29.1. The second kappa shape index (κ2) is 8.71. The molecule has 30 heavy (non-hydrogen) atoms. The molecule has 4 rings (SSSR count). The Morgan fingerprint density at radius 1 is 1.10 bits per heavy atom. The highest BCUT2D eigenvalue weighted by Crippen LogP contribution is 2.33. The summed E-state index contributed by atoms with van der Waals surface area (Å²) >= 11 is 1.70. The molecule has 0 saturated carbocycles. The smallest absolute Gasteiger partial charge is 0.258 e. The van der Waals surface area contributed by atoms with Gasteiger partial charge in [-0.3, -0.25) is 9.59 Å². The number of nitrogens with zero attached hydrogens (tertiary/aromatic N) is 1. The Labute approximate surface area is 180 Å². The van der Waals surface area contributed by atoms with Crippen molar-refractivity contribution in [2.24, 2.45) is 0 Å². The van der Waals surface area contributed by atoms with Crippen molar-refractivity contribution >= 4 is 34.5 Å². The van der Waals surface area contributed by atoms with Crippen molar-refractivity contribution in [2.75, 3.05) is 23.9 Å². The van der Waals surface area contributed by atoms with Gasteiger partial charge in [-0.25, -0.2) is 0 Å². The third-order valence-electron chi connectivity index (χ3n) is 5.38. The van der Waals surface area contributed by atoms with E-state index in [1.807, 2.05) is 41.5 Å². The van der Waals surface area contributed by atoms with Gasteiger partial charge < -0.3 is 15.0 Å². The number of methoxy groups -OCH3 is 1. The first-order chi connectivity index (χ1) is 14.6. The zero-order valence-corrected chi connectivity index (χ0v) is 17.9. The van der Waals surface area contributed by atoms with E-state index >= 15 is 0 Å². The largest absolute Gasteiger partial charge is 0.495 e. The van der Waals surface area contributed by atoms with Gasteiger partial charge in [0.1, 0.15) is 5.75 Å². The van der Waals surface area contributed by atoms with Crippen LogP contribution in [0.25, 0.3) is 0 Å². The number of benzene rings is 2. The maximum Gasteiger partial charge on any atom is 0.258 e. The molecule has 1 aliphatic heterocycles. The number of anilines is 2. The van der Waals surface area contributed by atoms with Crippen molar-refractivity contribution in [2.45, 2.75) is 26.2 Å². The number of hydrogen-bond donors (Lipinski definition) is 1. The molecule has 0 atom stereocenters. The van der Waals surface area contributed by atoms with Crippen LogP contribution in [0.15, 0.2) is 53.9 Å². The Kier molecular flexibility index (Phi) is 5.86. The number of hydrogen-bond acceptors (Lipinski definition) is 4. The lowest BCUT2D eigenvalue weighted by Crippen LogP contribution is -2.31. The number of aryl methyl sites for hydroxylation is 2. The van der Waals surface area contributed by atoms with Gasteiger partial charge in [0.2, 0.25) is 0 Å². The molecule has 2 aromatic carbocycles. The number of carbonyl (C=O) groups is 2. The summed E-state index contributed by atoms with van der Waals surface area (Å²) in [5.74, 6) is 0.204. The normalized spacial score (nSPS) is 13.3. The van der Waals surface area contributed by atoms with Crippen LogP contribution >= 0.6 is 11.3 Å². The van der Waals surface area contributed by atoms with Crippen LogP contribution in [0, 0.1) is 6.92 Å². The van der Waals surface area contributed by atoms with Crippen LogP contribution in [-0.2, 0) is 6.42 Å². The average molecular weight is 421 g/mol. The van der Waals surface area contributed by atoms with E-state index in [0.29, 0.717) is 29.1 Å². The number of amides is 2. The number of fused-ring (bicyclic) bond motifs is 1. The highest BCUT2D eigenvalue weighted by Gasteiger charge is 2.24. The third kappa shape index (κ3) is 3.96. The van der Waals surface area contributed by atoms with E-state index in [4.69, 9.17) is 4.74 Å². The Balaban J connectivity index is 1.59. The number of thiophene rings is 1. The molecule has 1 aromatic heterocycles. The Morgan fingerprint density at radius 3 is 2.73 bits per heavy atom. The van der Waals surface area contributed by atoms with Gasteiger partial charge in [0.25, 0.3) is 11.8 Å². The van der Waals surface area contributed by atoms with Crippen molar-refractivity contribution in [3.05, 3.63) is 75.5 Å². The molecule has 0 fully saturated rings. The molecule has 0 aliphatic carbocycles. The van der Waals surface area contributed by atoms with E-state index < -0.39 is 0 Å². The van der Waals surface area contributed by atoms with E-state index in [-0.39, 0.29) is 11.8 Å².